The molecule has 1 atom stereocenters. The molecule has 0 aromatic heterocycles. The molecule has 0 bridgehead atoms. The van der Waals surface area contributed by atoms with Gasteiger partial charge in [0.25, 0.3) is 0 Å². The van der Waals surface area contributed by atoms with Gasteiger partial charge in [-0.2, -0.15) is 0 Å². The van der Waals surface area contributed by atoms with Crippen molar-refractivity contribution >= 4 is 62.1 Å². The average Bonchev–Trinajstić information content (AvgIpc) is 2.65. The molecule has 0 saturated heterocycles. The van der Waals surface area contributed by atoms with Gasteiger partial charge >= 0.3 is 0 Å². The van der Waals surface area contributed by atoms with E-state index in [0.29, 0.717) is 24.7 Å². The Hall–Kier alpha value is -1.87. The van der Waals surface area contributed by atoms with Gasteiger partial charge < -0.3 is 14.8 Å². The molecule has 0 fully saturated rings. The Morgan fingerprint density at radius 3 is 2.31 bits per heavy atom. The van der Waals surface area contributed by atoms with E-state index in [1.54, 1.807) is 12.1 Å². The fourth-order valence-electron chi connectivity index (χ4n) is 2.83. The first kappa shape index (κ1) is 21.8. The Morgan fingerprint density at radius 2 is 1.66 bits per heavy atom. The number of sulfonamides is 1. The van der Waals surface area contributed by atoms with Crippen LogP contribution in [0.4, 0.5) is 11.4 Å². The molecule has 156 valence electrons. The number of carbonyl (C=O) groups is 1. The number of rotatable bonds is 5. The SMILES string of the molecule is C[C@H](C(=O)Nc1cc(Cl)c(Cl)cc1Cl)N(c1ccc2c(c1)OCCO2)S(C)(=O)=O. The minimum Gasteiger partial charge on any atom is -0.486 e. The summed E-state index contributed by atoms with van der Waals surface area (Å²) >= 11 is 18.0. The molecular weight excluding hydrogens is 463 g/mol. The van der Waals surface area contributed by atoms with Crippen molar-refractivity contribution < 1.29 is 22.7 Å². The molecule has 1 N–H and O–H groups in total. The lowest BCUT2D eigenvalue weighted by molar-refractivity contribution is -0.116. The fourth-order valence-corrected chi connectivity index (χ4v) is 4.59. The second kappa shape index (κ2) is 8.47. The summed E-state index contributed by atoms with van der Waals surface area (Å²) in [5.41, 5.74) is 0.480. The van der Waals surface area contributed by atoms with E-state index in [1.807, 2.05) is 0 Å². The molecule has 11 heteroatoms. The maximum atomic E-state index is 12.8. The number of amides is 1. The average molecular weight is 480 g/mol. The van der Waals surface area contributed by atoms with Crippen LogP contribution in [-0.2, 0) is 14.8 Å². The van der Waals surface area contributed by atoms with Gasteiger partial charge in [0.1, 0.15) is 19.3 Å². The van der Waals surface area contributed by atoms with Crippen LogP contribution >= 0.6 is 34.8 Å². The third-order valence-corrected chi connectivity index (χ3v) is 6.41. The van der Waals surface area contributed by atoms with E-state index in [-0.39, 0.29) is 26.4 Å². The smallest absolute Gasteiger partial charge is 0.248 e. The fraction of sp³-hybridized carbons (Fsp3) is 0.278. The number of anilines is 2. The highest BCUT2D eigenvalue weighted by Gasteiger charge is 2.30. The second-order valence-electron chi connectivity index (χ2n) is 6.30. The zero-order valence-electron chi connectivity index (χ0n) is 15.4. The van der Waals surface area contributed by atoms with Gasteiger partial charge in [0.15, 0.2) is 11.5 Å². The molecule has 0 unspecified atom stereocenters. The number of halogens is 3. The molecule has 2 aromatic rings. The van der Waals surface area contributed by atoms with Crippen molar-refractivity contribution in [3.63, 3.8) is 0 Å². The summed E-state index contributed by atoms with van der Waals surface area (Å²) in [5, 5.41) is 3.19. The van der Waals surface area contributed by atoms with E-state index < -0.39 is 22.0 Å². The molecule has 0 spiro atoms. The summed E-state index contributed by atoms with van der Waals surface area (Å²) in [7, 11) is -3.81. The minimum atomic E-state index is -3.81. The minimum absolute atomic E-state index is 0.171. The van der Waals surface area contributed by atoms with Crippen molar-refractivity contribution in [2.45, 2.75) is 13.0 Å². The van der Waals surface area contributed by atoms with Crippen molar-refractivity contribution in [3.05, 3.63) is 45.4 Å². The third kappa shape index (κ3) is 4.83. The Labute approximate surface area is 183 Å². The van der Waals surface area contributed by atoms with Gasteiger partial charge in [-0.1, -0.05) is 34.8 Å². The first-order chi connectivity index (χ1) is 13.6. The predicted molar refractivity (Wildman–Crippen MR) is 114 cm³/mol. The number of benzene rings is 2. The van der Waals surface area contributed by atoms with Gasteiger partial charge in [-0.3, -0.25) is 9.10 Å². The predicted octanol–water partition coefficient (Wildman–Crippen LogP) is 4.21. The lowest BCUT2D eigenvalue weighted by Crippen LogP contribution is -2.45. The topological polar surface area (TPSA) is 84.9 Å². The van der Waals surface area contributed by atoms with Crippen LogP contribution in [0.3, 0.4) is 0 Å². The van der Waals surface area contributed by atoms with E-state index in [1.165, 1.54) is 25.1 Å². The number of nitrogens with one attached hydrogen (secondary N) is 1. The largest absolute Gasteiger partial charge is 0.486 e. The molecular formula is C18H17Cl3N2O5S. The third-order valence-electron chi connectivity index (χ3n) is 4.14. The highest BCUT2D eigenvalue weighted by atomic mass is 35.5. The van der Waals surface area contributed by atoms with E-state index >= 15 is 0 Å². The molecule has 1 heterocycles. The zero-order chi connectivity index (χ0) is 21.3. The summed E-state index contributed by atoms with van der Waals surface area (Å²) < 4.78 is 36.9. The van der Waals surface area contributed by atoms with Crippen LogP contribution in [0.2, 0.25) is 15.1 Å². The van der Waals surface area contributed by atoms with Gasteiger partial charge in [-0.15, -0.1) is 0 Å². The summed E-state index contributed by atoms with van der Waals surface area (Å²) in [6.45, 7) is 2.21. The maximum Gasteiger partial charge on any atom is 0.248 e. The van der Waals surface area contributed by atoms with Crippen LogP contribution in [-0.4, -0.2) is 39.8 Å². The lowest BCUT2D eigenvalue weighted by atomic mass is 10.2. The van der Waals surface area contributed by atoms with Gasteiger partial charge in [0.2, 0.25) is 15.9 Å². The van der Waals surface area contributed by atoms with Crippen molar-refractivity contribution in [3.8, 4) is 11.5 Å². The Kier molecular flexibility index (Phi) is 6.38. The molecule has 0 aliphatic carbocycles. The zero-order valence-corrected chi connectivity index (χ0v) is 18.5. The number of ether oxygens (including phenoxy) is 2. The number of hydrogen-bond acceptors (Lipinski definition) is 5. The Morgan fingerprint density at radius 1 is 1.03 bits per heavy atom. The normalized spacial score (nSPS) is 14.2. The number of hydrogen-bond donors (Lipinski definition) is 1. The summed E-state index contributed by atoms with van der Waals surface area (Å²) in [4.78, 5) is 12.8. The number of nitrogens with zero attached hydrogens (tertiary/aromatic N) is 1. The first-order valence-corrected chi connectivity index (χ1v) is 11.4. The summed E-state index contributed by atoms with van der Waals surface area (Å²) in [6.07, 6.45) is 1.01. The highest BCUT2D eigenvalue weighted by Crippen LogP contribution is 2.36. The molecule has 3 rings (SSSR count). The van der Waals surface area contributed by atoms with Crippen molar-refractivity contribution in [1.29, 1.82) is 0 Å². The quantitative estimate of drug-likeness (QED) is 0.649. The Bertz CT molecular complexity index is 1060. The monoisotopic (exact) mass is 478 g/mol. The molecule has 1 aliphatic heterocycles. The van der Waals surface area contributed by atoms with Gasteiger partial charge in [-0.25, -0.2) is 8.42 Å². The van der Waals surface area contributed by atoms with Gasteiger partial charge in [0, 0.05) is 6.07 Å². The number of fused-ring (bicyclic) bond motifs is 1. The van der Waals surface area contributed by atoms with Crippen molar-refractivity contribution in [1.82, 2.24) is 0 Å². The summed E-state index contributed by atoms with van der Waals surface area (Å²) in [5.74, 6) is 0.307. The van der Waals surface area contributed by atoms with Gasteiger partial charge in [-0.05, 0) is 31.2 Å². The van der Waals surface area contributed by atoms with Crippen LogP contribution in [0.25, 0.3) is 0 Å². The molecule has 1 aliphatic rings. The molecule has 0 radical (unpaired) electrons. The molecule has 29 heavy (non-hydrogen) atoms. The van der Waals surface area contributed by atoms with Crippen LogP contribution in [0.5, 0.6) is 11.5 Å². The number of carbonyl (C=O) groups excluding carboxylic acids is 1. The van der Waals surface area contributed by atoms with E-state index in [9.17, 15) is 13.2 Å². The van der Waals surface area contributed by atoms with Crippen LogP contribution in [0, 0.1) is 0 Å². The molecule has 1 amide bonds. The maximum absolute atomic E-state index is 12.8. The summed E-state index contributed by atoms with van der Waals surface area (Å²) in [6, 6.07) is 6.35. The Balaban J connectivity index is 1.91. The van der Waals surface area contributed by atoms with Crippen LogP contribution < -0.4 is 19.1 Å². The van der Waals surface area contributed by atoms with Crippen molar-refractivity contribution in [2.75, 3.05) is 29.1 Å². The van der Waals surface area contributed by atoms with E-state index in [0.717, 1.165) is 10.6 Å². The van der Waals surface area contributed by atoms with E-state index in [2.05, 4.69) is 5.32 Å². The first-order valence-electron chi connectivity index (χ1n) is 8.42. The standard InChI is InChI=1S/C18H17Cl3N2O5S/c1-10(18(24)22-15-9-13(20)12(19)8-14(15)21)23(29(2,25)26)11-3-4-16-17(7-11)28-6-5-27-16/h3-4,7-10H,5-6H2,1-2H3,(H,22,24)/t10-/m1/s1. The second-order valence-corrected chi connectivity index (χ2v) is 9.38. The lowest BCUT2D eigenvalue weighted by Gasteiger charge is -2.29. The van der Waals surface area contributed by atoms with Crippen LogP contribution in [0.1, 0.15) is 6.92 Å². The highest BCUT2D eigenvalue weighted by molar-refractivity contribution is 7.92. The van der Waals surface area contributed by atoms with Crippen molar-refractivity contribution in [2.24, 2.45) is 0 Å². The van der Waals surface area contributed by atoms with Crippen LogP contribution in [0.15, 0.2) is 30.3 Å². The molecule has 0 saturated carbocycles. The molecule has 2 aromatic carbocycles. The molecule has 7 nitrogen and oxygen atoms in total. The van der Waals surface area contributed by atoms with E-state index in [4.69, 9.17) is 44.3 Å². The van der Waals surface area contributed by atoms with Gasteiger partial charge in [0.05, 0.1) is 32.7 Å².